The van der Waals surface area contributed by atoms with E-state index in [1.54, 1.807) is 6.20 Å². The molecule has 1 aliphatic rings. The highest BCUT2D eigenvalue weighted by atomic mass is 79.9. The van der Waals surface area contributed by atoms with E-state index in [1.807, 2.05) is 11.6 Å². The lowest BCUT2D eigenvalue weighted by molar-refractivity contribution is 0.137. The summed E-state index contributed by atoms with van der Waals surface area (Å²) in [5.74, 6) is 0. The molecule has 3 nitrogen and oxygen atoms in total. The van der Waals surface area contributed by atoms with Gasteiger partial charge in [-0.3, -0.25) is 4.57 Å². The van der Waals surface area contributed by atoms with E-state index >= 15 is 0 Å². The lowest BCUT2D eigenvalue weighted by atomic mass is 9.98. The van der Waals surface area contributed by atoms with Crippen molar-refractivity contribution in [2.24, 2.45) is 7.05 Å². The van der Waals surface area contributed by atoms with Gasteiger partial charge in [-0.15, -0.1) is 0 Å². The first kappa shape index (κ1) is 10.0. The molecular weight excluding hydrogens is 244 g/mol. The van der Waals surface area contributed by atoms with Gasteiger partial charge in [-0.2, -0.15) is 0 Å². The molecule has 0 N–H and O–H groups in total. The van der Waals surface area contributed by atoms with Gasteiger partial charge in [0.1, 0.15) is 10.7 Å². The summed E-state index contributed by atoms with van der Waals surface area (Å²) in [6, 6.07) is 0.726. The molecule has 4 heteroatoms. The standard InChI is InChI=1S/C10H15BrN2O/c1-13-9(11)7-12-10(13)14-8-5-3-2-4-6-8/h7-8H,2-6H2,1H3. The number of halogens is 1. The Balaban J connectivity index is 1.99. The quantitative estimate of drug-likeness (QED) is 0.816. The normalized spacial score (nSPS) is 18.4. The van der Waals surface area contributed by atoms with Crippen molar-refractivity contribution < 1.29 is 4.74 Å². The van der Waals surface area contributed by atoms with Crippen molar-refractivity contribution in [1.29, 1.82) is 0 Å². The van der Waals surface area contributed by atoms with Crippen LogP contribution in [-0.4, -0.2) is 15.7 Å². The Kier molecular flexibility index (Phi) is 3.11. The van der Waals surface area contributed by atoms with Crippen LogP contribution in [0.1, 0.15) is 32.1 Å². The van der Waals surface area contributed by atoms with E-state index in [-0.39, 0.29) is 0 Å². The molecule has 1 aromatic rings. The predicted molar refractivity (Wildman–Crippen MR) is 58.4 cm³/mol. The van der Waals surface area contributed by atoms with Crippen molar-refractivity contribution in [2.75, 3.05) is 0 Å². The first-order chi connectivity index (χ1) is 6.77. The van der Waals surface area contributed by atoms with Gasteiger partial charge in [0.05, 0.1) is 6.20 Å². The van der Waals surface area contributed by atoms with Crippen LogP contribution in [0.3, 0.4) is 0 Å². The fraction of sp³-hybridized carbons (Fsp3) is 0.700. The third kappa shape index (κ3) is 2.11. The minimum absolute atomic E-state index is 0.372. The molecule has 1 heterocycles. The van der Waals surface area contributed by atoms with Crippen molar-refractivity contribution >= 4 is 15.9 Å². The molecule has 0 aliphatic heterocycles. The number of nitrogens with zero attached hydrogens (tertiary/aromatic N) is 2. The van der Waals surface area contributed by atoms with Crippen LogP contribution >= 0.6 is 15.9 Å². The van der Waals surface area contributed by atoms with Gasteiger partial charge in [-0.1, -0.05) is 6.42 Å². The molecule has 1 saturated carbocycles. The van der Waals surface area contributed by atoms with E-state index < -0.39 is 0 Å². The summed E-state index contributed by atoms with van der Waals surface area (Å²) >= 11 is 3.40. The predicted octanol–water partition coefficient (Wildman–Crippen LogP) is 2.89. The largest absolute Gasteiger partial charge is 0.461 e. The highest BCUT2D eigenvalue weighted by molar-refractivity contribution is 9.10. The number of ether oxygens (including phenoxy) is 1. The van der Waals surface area contributed by atoms with Gasteiger partial charge in [-0.25, -0.2) is 4.98 Å². The summed E-state index contributed by atoms with van der Waals surface area (Å²) in [6.07, 6.45) is 8.42. The zero-order chi connectivity index (χ0) is 9.97. The molecular formula is C10H15BrN2O. The summed E-state index contributed by atoms with van der Waals surface area (Å²) in [6.45, 7) is 0. The van der Waals surface area contributed by atoms with Gasteiger partial charge in [0.2, 0.25) is 0 Å². The third-order valence-electron chi connectivity index (χ3n) is 2.71. The van der Waals surface area contributed by atoms with Crippen molar-refractivity contribution in [3.63, 3.8) is 0 Å². The number of hydrogen-bond donors (Lipinski definition) is 0. The number of aromatic nitrogens is 2. The third-order valence-corrected chi connectivity index (χ3v) is 3.45. The molecule has 0 aromatic carbocycles. The van der Waals surface area contributed by atoms with Crippen LogP contribution in [0.15, 0.2) is 10.8 Å². The summed E-state index contributed by atoms with van der Waals surface area (Å²) in [7, 11) is 1.95. The van der Waals surface area contributed by atoms with E-state index in [0.717, 1.165) is 10.6 Å². The second-order valence-electron chi connectivity index (χ2n) is 3.80. The summed E-state index contributed by atoms with van der Waals surface area (Å²) in [5.41, 5.74) is 0. The SMILES string of the molecule is Cn1c(Br)cnc1OC1CCCCC1. The number of imidazole rings is 1. The Labute approximate surface area is 92.6 Å². The molecule has 0 bridgehead atoms. The summed E-state index contributed by atoms with van der Waals surface area (Å²) in [5, 5.41) is 0. The van der Waals surface area contributed by atoms with Crippen LogP contribution in [0.25, 0.3) is 0 Å². The minimum atomic E-state index is 0.372. The Morgan fingerprint density at radius 3 is 2.71 bits per heavy atom. The van der Waals surface area contributed by atoms with Crippen LogP contribution in [-0.2, 0) is 7.05 Å². The van der Waals surface area contributed by atoms with Crippen molar-refractivity contribution in [3.8, 4) is 6.01 Å². The van der Waals surface area contributed by atoms with Crippen LogP contribution in [0.5, 0.6) is 6.01 Å². The van der Waals surface area contributed by atoms with Crippen LogP contribution in [0.2, 0.25) is 0 Å². The zero-order valence-corrected chi connectivity index (χ0v) is 9.96. The molecule has 0 atom stereocenters. The molecule has 0 unspecified atom stereocenters. The first-order valence-electron chi connectivity index (χ1n) is 5.11. The molecule has 0 saturated heterocycles. The molecule has 14 heavy (non-hydrogen) atoms. The van der Waals surface area contributed by atoms with Crippen LogP contribution in [0, 0.1) is 0 Å². The van der Waals surface area contributed by atoms with Crippen molar-refractivity contribution in [3.05, 3.63) is 10.8 Å². The average Bonchev–Trinajstić information content (AvgIpc) is 2.52. The van der Waals surface area contributed by atoms with Crippen molar-refractivity contribution in [1.82, 2.24) is 9.55 Å². The van der Waals surface area contributed by atoms with E-state index in [9.17, 15) is 0 Å². The second-order valence-corrected chi connectivity index (χ2v) is 4.61. The monoisotopic (exact) mass is 258 g/mol. The zero-order valence-electron chi connectivity index (χ0n) is 8.37. The van der Waals surface area contributed by atoms with E-state index in [4.69, 9.17) is 4.74 Å². The summed E-state index contributed by atoms with van der Waals surface area (Å²) in [4.78, 5) is 4.20. The van der Waals surface area contributed by atoms with Gasteiger partial charge in [0.25, 0.3) is 6.01 Å². The Morgan fingerprint density at radius 1 is 1.43 bits per heavy atom. The lowest BCUT2D eigenvalue weighted by Gasteiger charge is -2.22. The highest BCUT2D eigenvalue weighted by Crippen LogP contribution is 2.23. The second kappa shape index (κ2) is 4.34. The molecule has 0 spiro atoms. The Morgan fingerprint density at radius 2 is 2.14 bits per heavy atom. The maximum Gasteiger partial charge on any atom is 0.297 e. The summed E-state index contributed by atoms with van der Waals surface area (Å²) < 4.78 is 8.72. The van der Waals surface area contributed by atoms with Crippen LogP contribution < -0.4 is 4.74 Å². The van der Waals surface area contributed by atoms with Gasteiger partial charge in [0, 0.05) is 7.05 Å². The molecule has 1 aliphatic carbocycles. The number of rotatable bonds is 2. The van der Waals surface area contributed by atoms with Gasteiger partial charge < -0.3 is 4.74 Å². The van der Waals surface area contributed by atoms with Gasteiger partial charge in [-0.05, 0) is 41.6 Å². The smallest absolute Gasteiger partial charge is 0.297 e. The van der Waals surface area contributed by atoms with E-state index in [2.05, 4.69) is 20.9 Å². The fourth-order valence-corrected chi connectivity index (χ4v) is 2.07. The molecule has 0 amide bonds. The van der Waals surface area contributed by atoms with E-state index in [1.165, 1.54) is 32.1 Å². The van der Waals surface area contributed by atoms with Gasteiger partial charge in [0.15, 0.2) is 0 Å². The van der Waals surface area contributed by atoms with E-state index in [0.29, 0.717) is 6.10 Å². The van der Waals surface area contributed by atoms with Crippen LogP contribution in [0.4, 0.5) is 0 Å². The maximum absolute atomic E-state index is 5.83. The van der Waals surface area contributed by atoms with Crippen molar-refractivity contribution in [2.45, 2.75) is 38.2 Å². The molecule has 0 radical (unpaired) electrons. The molecule has 2 rings (SSSR count). The molecule has 1 aromatic heterocycles. The minimum Gasteiger partial charge on any atom is -0.461 e. The lowest BCUT2D eigenvalue weighted by Crippen LogP contribution is -2.21. The maximum atomic E-state index is 5.83. The topological polar surface area (TPSA) is 27.1 Å². The highest BCUT2D eigenvalue weighted by Gasteiger charge is 2.17. The first-order valence-corrected chi connectivity index (χ1v) is 5.90. The molecule has 78 valence electrons. The Bertz CT molecular complexity index is 305. The molecule has 1 fully saturated rings. The Hall–Kier alpha value is -0.510. The number of hydrogen-bond acceptors (Lipinski definition) is 2. The fourth-order valence-electron chi connectivity index (χ4n) is 1.81. The average molecular weight is 259 g/mol. The van der Waals surface area contributed by atoms with Gasteiger partial charge >= 0.3 is 0 Å².